The van der Waals surface area contributed by atoms with Crippen LogP contribution in [0.2, 0.25) is 0 Å². The Balaban J connectivity index is 2.31. The van der Waals surface area contributed by atoms with Gasteiger partial charge < -0.3 is 10.2 Å². The monoisotopic (exact) mass is 314 g/mol. The Hall–Kier alpha value is -1.70. The van der Waals surface area contributed by atoms with E-state index in [9.17, 15) is 10.2 Å². The van der Waals surface area contributed by atoms with Crippen molar-refractivity contribution in [1.29, 1.82) is 0 Å². The molecular weight excluding hydrogens is 284 g/mol. The van der Waals surface area contributed by atoms with Gasteiger partial charge in [-0.25, -0.2) is 0 Å². The molecule has 0 aliphatic heterocycles. The van der Waals surface area contributed by atoms with Crippen LogP contribution in [0.15, 0.2) is 35.9 Å². The molecule has 2 N–H and O–H groups in total. The average Bonchev–Trinajstić information content (AvgIpc) is 2.46. The molecule has 2 nitrogen and oxygen atoms in total. The van der Waals surface area contributed by atoms with E-state index >= 15 is 0 Å². The van der Waals surface area contributed by atoms with E-state index in [2.05, 4.69) is 26.5 Å². The summed E-state index contributed by atoms with van der Waals surface area (Å²) < 4.78 is 0. The second-order valence-corrected chi connectivity index (χ2v) is 7.05. The third-order valence-electron chi connectivity index (χ3n) is 5.02. The maximum absolute atomic E-state index is 10.6. The van der Waals surface area contributed by atoms with E-state index < -0.39 is 0 Å². The van der Waals surface area contributed by atoms with Crippen molar-refractivity contribution in [3.63, 3.8) is 0 Å². The standard InChI is InChI=1S/C21H30O2/c1-5-6-7-8-16-12-19(22)21(20(23)13-16)18-11-15(4)9-10-17(18)14(2)3/h9,12-13,17-18,22-23H,2,5-8,10-11H2,1,3-4H3/t17-,18?/m0/s1. The number of hydrogen-bond donors (Lipinski definition) is 2. The lowest BCUT2D eigenvalue weighted by atomic mass is 9.72. The third-order valence-corrected chi connectivity index (χ3v) is 5.02. The molecule has 0 amide bonds. The highest BCUT2D eigenvalue weighted by atomic mass is 16.3. The Kier molecular flexibility index (Phi) is 5.92. The number of rotatable bonds is 6. The fourth-order valence-electron chi connectivity index (χ4n) is 3.70. The summed E-state index contributed by atoms with van der Waals surface area (Å²) in [5.74, 6) is 0.869. The van der Waals surface area contributed by atoms with Gasteiger partial charge in [0.05, 0.1) is 0 Å². The van der Waals surface area contributed by atoms with Gasteiger partial charge in [-0.1, -0.05) is 43.6 Å². The number of benzene rings is 1. The van der Waals surface area contributed by atoms with E-state index in [1.165, 1.54) is 18.4 Å². The first-order valence-corrected chi connectivity index (χ1v) is 8.79. The van der Waals surface area contributed by atoms with E-state index in [-0.39, 0.29) is 23.3 Å². The maximum atomic E-state index is 10.6. The van der Waals surface area contributed by atoms with E-state index in [1.807, 2.05) is 19.1 Å². The Bertz CT molecular complexity index is 575. The van der Waals surface area contributed by atoms with Gasteiger partial charge in [0.15, 0.2) is 0 Å². The smallest absolute Gasteiger partial charge is 0.123 e. The van der Waals surface area contributed by atoms with Gasteiger partial charge in [-0.2, -0.15) is 0 Å². The van der Waals surface area contributed by atoms with E-state index in [4.69, 9.17) is 0 Å². The highest BCUT2D eigenvalue weighted by molar-refractivity contribution is 5.50. The second kappa shape index (κ2) is 7.72. The quantitative estimate of drug-likeness (QED) is 0.511. The molecule has 1 unspecified atom stereocenters. The van der Waals surface area contributed by atoms with Gasteiger partial charge in [0.2, 0.25) is 0 Å². The Morgan fingerprint density at radius 3 is 2.43 bits per heavy atom. The van der Waals surface area contributed by atoms with Crippen LogP contribution in [0.25, 0.3) is 0 Å². The topological polar surface area (TPSA) is 40.5 Å². The van der Waals surface area contributed by atoms with Gasteiger partial charge in [-0.05, 0) is 63.1 Å². The average molecular weight is 314 g/mol. The Morgan fingerprint density at radius 2 is 1.87 bits per heavy atom. The van der Waals surface area contributed by atoms with Gasteiger partial charge in [0.25, 0.3) is 0 Å². The molecule has 2 heteroatoms. The molecule has 2 atom stereocenters. The molecule has 0 fully saturated rings. The molecule has 2 rings (SSSR count). The van der Waals surface area contributed by atoms with Crippen molar-refractivity contribution in [1.82, 2.24) is 0 Å². The van der Waals surface area contributed by atoms with Gasteiger partial charge in [0.1, 0.15) is 11.5 Å². The summed E-state index contributed by atoms with van der Waals surface area (Å²) in [6.07, 6.45) is 8.40. The fourth-order valence-corrected chi connectivity index (χ4v) is 3.70. The number of phenols is 2. The molecule has 1 aromatic rings. The predicted octanol–water partition coefficient (Wildman–Crippen LogP) is 5.85. The van der Waals surface area contributed by atoms with Crippen molar-refractivity contribution < 1.29 is 10.2 Å². The van der Waals surface area contributed by atoms with Crippen LogP contribution < -0.4 is 0 Å². The molecule has 1 aliphatic rings. The number of allylic oxidation sites excluding steroid dienone is 3. The lowest BCUT2D eigenvalue weighted by molar-refractivity contribution is 0.391. The van der Waals surface area contributed by atoms with Crippen molar-refractivity contribution in [2.45, 2.75) is 65.2 Å². The van der Waals surface area contributed by atoms with Crippen molar-refractivity contribution in [2.24, 2.45) is 5.92 Å². The first-order valence-electron chi connectivity index (χ1n) is 8.79. The fraction of sp³-hybridized carbons (Fsp3) is 0.524. The van der Waals surface area contributed by atoms with Crippen molar-refractivity contribution >= 4 is 0 Å². The van der Waals surface area contributed by atoms with Crippen LogP contribution in [0.3, 0.4) is 0 Å². The lowest BCUT2D eigenvalue weighted by Crippen LogP contribution is -2.18. The van der Waals surface area contributed by atoms with Crippen LogP contribution in [0.4, 0.5) is 0 Å². The number of hydrogen-bond acceptors (Lipinski definition) is 2. The number of phenolic OH excluding ortho intramolecular Hbond substituents is 2. The molecule has 1 aliphatic carbocycles. The SMILES string of the molecule is C=C(C)[C@@H]1CC=C(C)CC1c1c(O)cc(CCCCC)cc1O. The first kappa shape index (κ1) is 17.7. The zero-order chi connectivity index (χ0) is 17.0. The zero-order valence-corrected chi connectivity index (χ0v) is 14.7. The van der Waals surface area contributed by atoms with Crippen LogP contribution in [-0.2, 0) is 6.42 Å². The Labute approximate surface area is 140 Å². The van der Waals surface area contributed by atoms with Gasteiger partial charge in [0, 0.05) is 11.5 Å². The predicted molar refractivity (Wildman–Crippen MR) is 97.0 cm³/mol. The third kappa shape index (κ3) is 4.19. The lowest BCUT2D eigenvalue weighted by Gasteiger charge is -2.32. The highest BCUT2D eigenvalue weighted by Gasteiger charge is 2.31. The van der Waals surface area contributed by atoms with Crippen molar-refractivity contribution in [3.05, 3.63) is 47.1 Å². The van der Waals surface area contributed by atoms with Crippen LogP contribution in [0.1, 0.15) is 69.9 Å². The summed E-state index contributed by atoms with van der Waals surface area (Å²) in [5, 5.41) is 21.1. The van der Waals surface area contributed by atoms with Gasteiger partial charge in [-0.15, -0.1) is 0 Å². The summed E-state index contributed by atoms with van der Waals surface area (Å²) in [7, 11) is 0. The molecule has 23 heavy (non-hydrogen) atoms. The minimum absolute atomic E-state index is 0.113. The molecule has 0 spiro atoms. The highest BCUT2D eigenvalue weighted by Crippen LogP contribution is 2.47. The molecule has 0 aromatic heterocycles. The van der Waals surface area contributed by atoms with Crippen LogP contribution in [-0.4, -0.2) is 10.2 Å². The number of aryl methyl sites for hydroxylation is 1. The number of unbranched alkanes of at least 4 members (excludes halogenated alkanes) is 2. The second-order valence-electron chi connectivity index (χ2n) is 7.05. The molecule has 1 aromatic carbocycles. The van der Waals surface area contributed by atoms with Crippen LogP contribution >= 0.6 is 0 Å². The zero-order valence-electron chi connectivity index (χ0n) is 14.7. The van der Waals surface area contributed by atoms with E-state index in [0.29, 0.717) is 5.56 Å². The largest absolute Gasteiger partial charge is 0.508 e. The molecule has 0 heterocycles. The minimum atomic E-state index is 0.113. The summed E-state index contributed by atoms with van der Waals surface area (Å²) >= 11 is 0. The maximum Gasteiger partial charge on any atom is 0.123 e. The summed E-state index contributed by atoms with van der Waals surface area (Å²) in [6, 6.07) is 3.68. The molecule has 0 radical (unpaired) electrons. The van der Waals surface area contributed by atoms with Crippen LogP contribution in [0, 0.1) is 5.92 Å². The van der Waals surface area contributed by atoms with Crippen LogP contribution in [0.5, 0.6) is 11.5 Å². The molecule has 126 valence electrons. The number of aromatic hydroxyl groups is 2. The molecule has 0 saturated carbocycles. The summed E-state index contributed by atoms with van der Waals surface area (Å²) in [5.41, 5.74) is 4.15. The minimum Gasteiger partial charge on any atom is -0.508 e. The van der Waals surface area contributed by atoms with Crippen molar-refractivity contribution in [3.8, 4) is 11.5 Å². The van der Waals surface area contributed by atoms with Crippen molar-refractivity contribution in [2.75, 3.05) is 0 Å². The first-order chi connectivity index (χ1) is 10.9. The molecular formula is C21H30O2. The van der Waals surface area contributed by atoms with Gasteiger partial charge in [-0.3, -0.25) is 0 Å². The Morgan fingerprint density at radius 1 is 1.22 bits per heavy atom. The van der Waals surface area contributed by atoms with E-state index in [0.717, 1.165) is 36.8 Å². The normalized spacial score (nSPS) is 21.1. The molecule has 0 saturated heterocycles. The van der Waals surface area contributed by atoms with E-state index in [1.54, 1.807) is 0 Å². The summed E-state index contributed by atoms with van der Waals surface area (Å²) in [6.45, 7) is 10.5. The summed E-state index contributed by atoms with van der Waals surface area (Å²) in [4.78, 5) is 0. The molecule has 0 bridgehead atoms. The van der Waals surface area contributed by atoms with Gasteiger partial charge >= 0.3 is 0 Å².